The van der Waals surface area contributed by atoms with Crippen molar-refractivity contribution in [1.29, 1.82) is 0 Å². The number of nitrogens with two attached hydrogens (primary N) is 1. The lowest BCUT2D eigenvalue weighted by Gasteiger charge is -1.99. The largest absolute Gasteiger partial charge is 0.440 e. The Labute approximate surface area is 119 Å². The lowest BCUT2D eigenvalue weighted by Crippen LogP contribution is -1.96. The number of oxazole rings is 1. The van der Waals surface area contributed by atoms with Crippen LogP contribution in [0.25, 0.3) is 11.1 Å². The van der Waals surface area contributed by atoms with E-state index in [1.54, 1.807) is 12.1 Å². The molecular formula is C15H14N2O2S. The van der Waals surface area contributed by atoms with Gasteiger partial charge in [0.1, 0.15) is 11.3 Å². The summed E-state index contributed by atoms with van der Waals surface area (Å²) in [5, 5.41) is 0. The van der Waals surface area contributed by atoms with Gasteiger partial charge in [-0.05, 0) is 31.2 Å². The monoisotopic (exact) mass is 286 g/mol. The zero-order valence-corrected chi connectivity index (χ0v) is 11.8. The van der Waals surface area contributed by atoms with Gasteiger partial charge in [-0.15, -0.1) is 0 Å². The molecule has 102 valence electrons. The van der Waals surface area contributed by atoms with Crippen molar-refractivity contribution in [3.8, 4) is 0 Å². The summed E-state index contributed by atoms with van der Waals surface area (Å²) in [6, 6.07) is 13.0. The van der Waals surface area contributed by atoms with Gasteiger partial charge in [-0.2, -0.15) is 0 Å². The molecule has 1 atom stereocenters. The van der Waals surface area contributed by atoms with Crippen molar-refractivity contribution < 1.29 is 8.63 Å². The van der Waals surface area contributed by atoms with Gasteiger partial charge in [-0.25, -0.2) is 4.98 Å². The average molecular weight is 286 g/mol. The second-order valence-electron chi connectivity index (χ2n) is 4.60. The number of aryl methyl sites for hydroxylation is 1. The molecule has 2 N–H and O–H groups in total. The molecular weight excluding hydrogens is 272 g/mol. The van der Waals surface area contributed by atoms with E-state index in [1.807, 2.05) is 37.3 Å². The van der Waals surface area contributed by atoms with Crippen LogP contribution in [0, 0.1) is 6.92 Å². The van der Waals surface area contributed by atoms with E-state index in [0.29, 0.717) is 22.7 Å². The van der Waals surface area contributed by atoms with Crippen LogP contribution >= 0.6 is 0 Å². The maximum Gasteiger partial charge on any atom is 0.208 e. The summed E-state index contributed by atoms with van der Waals surface area (Å²) in [6.45, 7) is 2.00. The van der Waals surface area contributed by atoms with Crippen LogP contribution in [0.1, 0.15) is 11.5 Å². The van der Waals surface area contributed by atoms with E-state index in [1.165, 1.54) is 0 Å². The molecule has 0 saturated carbocycles. The molecule has 1 heterocycles. The summed E-state index contributed by atoms with van der Waals surface area (Å²) >= 11 is 0. The van der Waals surface area contributed by atoms with Crippen molar-refractivity contribution in [2.24, 2.45) is 0 Å². The van der Waals surface area contributed by atoms with Gasteiger partial charge in [-0.3, -0.25) is 4.21 Å². The number of nitrogens with zero attached hydrogens (tertiary/aromatic N) is 1. The first-order valence-corrected chi connectivity index (χ1v) is 7.54. The fourth-order valence-electron chi connectivity index (χ4n) is 1.96. The van der Waals surface area contributed by atoms with Gasteiger partial charge in [0.25, 0.3) is 0 Å². The highest BCUT2D eigenvalue weighted by atomic mass is 32.2. The maximum absolute atomic E-state index is 12.3. The molecule has 0 aliphatic rings. The van der Waals surface area contributed by atoms with Crippen LogP contribution < -0.4 is 5.73 Å². The number of benzene rings is 2. The summed E-state index contributed by atoms with van der Waals surface area (Å²) in [7, 11) is -1.17. The molecule has 1 unspecified atom stereocenters. The molecule has 20 heavy (non-hydrogen) atoms. The average Bonchev–Trinajstić information content (AvgIpc) is 2.83. The normalized spacial score (nSPS) is 12.7. The van der Waals surface area contributed by atoms with Crippen LogP contribution in [0.4, 0.5) is 5.69 Å². The van der Waals surface area contributed by atoms with Gasteiger partial charge in [0.2, 0.25) is 5.89 Å². The number of para-hydroxylation sites is 1. The van der Waals surface area contributed by atoms with E-state index < -0.39 is 10.8 Å². The van der Waals surface area contributed by atoms with E-state index in [9.17, 15) is 4.21 Å². The minimum atomic E-state index is -1.17. The topological polar surface area (TPSA) is 69.1 Å². The van der Waals surface area contributed by atoms with Crippen LogP contribution in [-0.2, 0) is 16.6 Å². The first-order valence-electron chi connectivity index (χ1n) is 6.22. The van der Waals surface area contributed by atoms with Gasteiger partial charge < -0.3 is 10.2 Å². The molecule has 0 fully saturated rings. The summed E-state index contributed by atoms with van der Waals surface area (Å²) < 4.78 is 17.8. The summed E-state index contributed by atoms with van der Waals surface area (Å²) in [5.41, 5.74) is 8.79. The lowest BCUT2D eigenvalue weighted by atomic mass is 10.2. The third-order valence-corrected chi connectivity index (χ3v) is 4.34. The maximum atomic E-state index is 12.3. The molecule has 0 bridgehead atoms. The molecule has 4 nitrogen and oxygen atoms in total. The predicted molar refractivity (Wildman–Crippen MR) is 79.7 cm³/mol. The van der Waals surface area contributed by atoms with Crippen molar-refractivity contribution in [1.82, 2.24) is 4.98 Å². The number of hydrogen-bond donors (Lipinski definition) is 1. The lowest BCUT2D eigenvalue weighted by molar-refractivity contribution is 0.552. The zero-order chi connectivity index (χ0) is 14.1. The Bertz CT molecular complexity index is 778. The first-order chi connectivity index (χ1) is 9.63. The molecule has 2 aromatic carbocycles. The van der Waals surface area contributed by atoms with E-state index >= 15 is 0 Å². The Kier molecular flexibility index (Phi) is 3.28. The fourth-order valence-corrected chi connectivity index (χ4v) is 2.92. The minimum Gasteiger partial charge on any atom is -0.440 e. The number of aromatic nitrogens is 1. The summed E-state index contributed by atoms with van der Waals surface area (Å²) in [6.07, 6.45) is 0. The Balaban J connectivity index is 1.87. The summed E-state index contributed by atoms with van der Waals surface area (Å²) in [5.74, 6) is 0.689. The van der Waals surface area contributed by atoms with Crippen molar-refractivity contribution in [3.05, 3.63) is 53.9 Å². The van der Waals surface area contributed by atoms with Gasteiger partial charge in [0.15, 0.2) is 5.58 Å². The molecule has 0 saturated heterocycles. The molecule has 0 amide bonds. The third kappa shape index (κ3) is 2.44. The van der Waals surface area contributed by atoms with Crippen molar-refractivity contribution in [2.45, 2.75) is 17.6 Å². The van der Waals surface area contributed by atoms with Crippen molar-refractivity contribution in [3.63, 3.8) is 0 Å². The number of nitrogen functional groups attached to an aromatic ring is 1. The second-order valence-corrected chi connectivity index (χ2v) is 6.06. The highest BCUT2D eigenvalue weighted by Gasteiger charge is 2.12. The highest BCUT2D eigenvalue weighted by Crippen LogP contribution is 2.22. The Morgan fingerprint density at radius 3 is 2.65 bits per heavy atom. The van der Waals surface area contributed by atoms with E-state index in [0.717, 1.165) is 10.5 Å². The molecule has 0 spiro atoms. The Morgan fingerprint density at radius 2 is 1.95 bits per heavy atom. The Morgan fingerprint density at radius 1 is 1.20 bits per heavy atom. The number of hydrogen-bond acceptors (Lipinski definition) is 4. The van der Waals surface area contributed by atoms with Crippen molar-refractivity contribution >= 4 is 27.6 Å². The number of rotatable bonds is 3. The van der Waals surface area contributed by atoms with E-state index in [-0.39, 0.29) is 5.75 Å². The van der Waals surface area contributed by atoms with Crippen molar-refractivity contribution in [2.75, 3.05) is 5.73 Å². The van der Waals surface area contributed by atoms with E-state index in [2.05, 4.69) is 4.98 Å². The summed E-state index contributed by atoms with van der Waals surface area (Å²) in [4.78, 5) is 5.08. The number of fused-ring (bicyclic) bond motifs is 1. The van der Waals surface area contributed by atoms with Crippen LogP contribution in [-0.4, -0.2) is 9.19 Å². The smallest absolute Gasteiger partial charge is 0.208 e. The number of anilines is 1. The fraction of sp³-hybridized carbons (Fsp3) is 0.133. The minimum absolute atomic E-state index is 0.247. The Hall–Kier alpha value is -2.14. The standard InChI is InChI=1S/C15H14N2O2S/c1-10-5-7-11(8-6-10)20(18)9-14-17-15-12(16)3-2-4-13(15)19-14/h2-8H,9,16H2,1H3. The first kappa shape index (κ1) is 12.9. The molecule has 5 heteroatoms. The quantitative estimate of drug-likeness (QED) is 0.751. The van der Waals surface area contributed by atoms with E-state index in [4.69, 9.17) is 10.2 Å². The van der Waals surface area contributed by atoms with Gasteiger partial charge in [0.05, 0.1) is 16.5 Å². The molecule has 0 aliphatic carbocycles. The zero-order valence-electron chi connectivity index (χ0n) is 11.0. The van der Waals surface area contributed by atoms with Crippen LogP contribution in [0.3, 0.4) is 0 Å². The highest BCUT2D eigenvalue weighted by molar-refractivity contribution is 7.84. The third-order valence-electron chi connectivity index (χ3n) is 3.03. The van der Waals surface area contributed by atoms with Gasteiger partial charge >= 0.3 is 0 Å². The van der Waals surface area contributed by atoms with Gasteiger partial charge in [-0.1, -0.05) is 23.8 Å². The molecule has 1 aromatic heterocycles. The van der Waals surface area contributed by atoms with Crippen LogP contribution in [0.15, 0.2) is 51.8 Å². The molecule has 3 rings (SSSR count). The van der Waals surface area contributed by atoms with Crippen LogP contribution in [0.2, 0.25) is 0 Å². The molecule has 0 radical (unpaired) electrons. The second kappa shape index (κ2) is 5.09. The van der Waals surface area contributed by atoms with Crippen LogP contribution in [0.5, 0.6) is 0 Å². The predicted octanol–water partition coefficient (Wildman–Crippen LogP) is 3.03. The van der Waals surface area contributed by atoms with Gasteiger partial charge in [0, 0.05) is 4.90 Å². The molecule has 3 aromatic rings. The molecule has 0 aliphatic heterocycles. The SMILES string of the molecule is Cc1ccc(S(=O)Cc2nc3c(N)cccc3o2)cc1.